The standard InChI is InChI=1S/C22H31N3OS/c1-15-7-3-4-8-18(15)23-21(26)16(2)25-13-11-17(12-14-25)22-24-19-9-5-6-10-20(19)27-22/h5-6,9-10,15-18H,3-4,7-8,11-14H2,1-2H3,(H,23,26)/t15-,16-,18-/m1/s1. The van der Waals surface area contributed by atoms with Crippen LogP contribution in [0.15, 0.2) is 24.3 Å². The predicted octanol–water partition coefficient (Wildman–Crippen LogP) is 4.56. The molecule has 2 fully saturated rings. The summed E-state index contributed by atoms with van der Waals surface area (Å²) >= 11 is 1.83. The maximum atomic E-state index is 12.8. The molecule has 1 amide bonds. The molecule has 3 atom stereocenters. The summed E-state index contributed by atoms with van der Waals surface area (Å²) in [6, 6.07) is 8.74. The van der Waals surface area contributed by atoms with E-state index in [0.29, 0.717) is 17.9 Å². The number of likely N-dealkylation sites (tertiary alicyclic amines) is 1. The van der Waals surface area contributed by atoms with E-state index < -0.39 is 0 Å². The highest BCUT2D eigenvalue weighted by atomic mass is 32.1. The average Bonchev–Trinajstić information content (AvgIpc) is 3.13. The number of fused-ring (bicyclic) bond motifs is 1. The lowest BCUT2D eigenvalue weighted by Gasteiger charge is -2.36. The van der Waals surface area contributed by atoms with Crippen molar-refractivity contribution in [1.29, 1.82) is 0 Å². The summed E-state index contributed by atoms with van der Waals surface area (Å²) < 4.78 is 1.28. The van der Waals surface area contributed by atoms with Gasteiger partial charge in [-0.15, -0.1) is 11.3 Å². The summed E-state index contributed by atoms with van der Waals surface area (Å²) in [6.07, 6.45) is 7.13. The molecule has 1 N–H and O–H groups in total. The fourth-order valence-corrected chi connectivity index (χ4v) is 5.73. The third-order valence-corrected chi connectivity index (χ3v) is 7.75. The van der Waals surface area contributed by atoms with E-state index in [2.05, 4.69) is 48.3 Å². The van der Waals surface area contributed by atoms with Gasteiger partial charge in [0.05, 0.1) is 21.3 Å². The molecule has 1 aromatic heterocycles. The summed E-state index contributed by atoms with van der Waals surface area (Å²) in [5, 5.41) is 4.60. The van der Waals surface area contributed by atoms with Crippen molar-refractivity contribution in [3.05, 3.63) is 29.3 Å². The first-order valence-corrected chi connectivity index (χ1v) is 11.3. The fraction of sp³-hybridized carbons (Fsp3) is 0.636. The van der Waals surface area contributed by atoms with Gasteiger partial charge in [0, 0.05) is 12.0 Å². The van der Waals surface area contributed by atoms with Gasteiger partial charge in [0.15, 0.2) is 0 Å². The van der Waals surface area contributed by atoms with Crippen molar-refractivity contribution < 1.29 is 4.79 Å². The molecule has 1 aliphatic carbocycles. The van der Waals surface area contributed by atoms with Gasteiger partial charge in [-0.25, -0.2) is 4.98 Å². The van der Waals surface area contributed by atoms with E-state index in [1.54, 1.807) is 0 Å². The maximum Gasteiger partial charge on any atom is 0.237 e. The Bertz CT molecular complexity index is 748. The van der Waals surface area contributed by atoms with E-state index in [0.717, 1.165) is 37.9 Å². The first-order valence-electron chi connectivity index (χ1n) is 10.5. The Morgan fingerprint density at radius 2 is 1.93 bits per heavy atom. The number of carbonyl (C=O) groups is 1. The topological polar surface area (TPSA) is 45.2 Å². The molecule has 0 unspecified atom stereocenters. The quantitative estimate of drug-likeness (QED) is 0.839. The van der Waals surface area contributed by atoms with Crippen molar-refractivity contribution in [1.82, 2.24) is 15.2 Å². The van der Waals surface area contributed by atoms with Crippen LogP contribution in [0.3, 0.4) is 0 Å². The Balaban J connectivity index is 1.32. The third-order valence-electron chi connectivity index (χ3n) is 6.56. The highest BCUT2D eigenvalue weighted by Crippen LogP contribution is 2.34. The number of carbonyl (C=O) groups excluding carboxylic acids is 1. The zero-order chi connectivity index (χ0) is 18.8. The van der Waals surface area contributed by atoms with Gasteiger partial charge in [-0.05, 0) is 63.7 Å². The van der Waals surface area contributed by atoms with Crippen LogP contribution in [0.25, 0.3) is 10.2 Å². The van der Waals surface area contributed by atoms with Crippen molar-refractivity contribution in [2.45, 2.75) is 70.4 Å². The van der Waals surface area contributed by atoms with Gasteiger partial charge in [-0.2, -0.15) is 0 Å². The van der Waals surface area contributed by atoms with E-state index in [9.17, 15) is 4.79 Å². The van der Waals surface area contributed by atoms with E-state index in [1.807, 2.05) is 11.3 Å². The molecule has 0 bridgehead atoms. The van der Waals surface area contributed by atoms with Crippen molar-refractivity contribution >= 4 is 27.5 Å². The SMILES string of the molecule is C[C@@H]1CCCC[C@H]1NC(=O)[C@@H](C)N1CCC(c2nc3ccccc3s2)CC1. The second-order valence-electron chi connectivity index (χ2n) is 8.38. The second-order valence-corrected chi connectivity index (χ2v) is 9.45. The zero-order valence-electron chi connectivity index (χ0n) is 16.5. The first-order chi connectivity index (χ1) is 13.1. The Kier molecular flexibility index (Phi) is 5.79. The molecule has 4 rings (SSSR count). The van der Waals surface area contributed by atoms with E-state index in [4.69, 9.17) is 4.98 Å². The molecule has 0 radical (unpaired) electrons. The molecule has 1 saturated heterocycles. The molecule has 4 nitrogen and oxygen atoms in total. The number of hydrogen-bond acceptors (Lipinski definition) is 4. The second kappa shape index (κ2) is 8.27. The number of hydrogen-bond donors (Lipinski definition) is 1. The molecule has 27 heavy (non-hydrogen) atoms. The number of piperidine rings is 1. The lowest BCUT2D eigenvalue weighted by Crippen LogP contribution is -2.52. The van der Waals surface area contributed by atoms with Crippen LogP contribution in [0.5, 0.6) is 0 Å². The van der Waals surface area contributed by atoms with Crippen molar-refractivity contribution in [3.8, 4) is 0 Å². The lowest BCUT2D eigenvalue weighted by molar-refractivity contribution is -0.127. The van der Waals surface area contributed by atoms with Crippen LogP contribution < -0.4 is 5.32 Å². The van der Waals surface area contributed by atoms with Crippen LogP contribution in [0.4, 0.5) is 0 Å². The number of rotatable bonds is 4. The summed E-state index contributed by atoms with van der Waals surface area (Å²) in [6.45, 7) is 6.31. The van der Waals surface area contributed by atoms with Crippen LogP contribution >= 0.6 is 11.3 Å². The lowest BCUT2D eigenvalue weighted by atomic mass is 9.86. The van der Waals surface area contributed by atoms with Crippen LogP contribution in [0.1, 0.15) is 63.3 Å². The van der Waals surface area contributed by atoms with Crippen LogP contribution in [-0.2, 0) is 4.79 Å². The molecular formula is C22H31N3OS. The molecule has 1 aromatic carbocycles. The molecule has 1 aliphatic heterocycles. The van der Waals surface area contributed by atoms with E-state index in [-0.39, 0.29) is 11.9 Å². The van der Waals surface area contributed by atoms with Crippen LogP contribution in [-0.4, -0.2) is 41.0 Å². The molecule has 2 aliphatic rings. The minimum Gasteiger partial charge on any atom is -0.352 e. The van der Waals surface area contributed by atoms with Gasteiger partial charge < -0.3 is 5.32 Å². The summed E-state index contributed by atoms with van der Waals surface area (Å²) in [5.74, 6) is 1.36. The Morgan fingerprint density at radius 1 is 1.19 bits per heavy atom. The maximum absolute atomic E-state index is 12.8. The van der Waals surface area contributed by atoms with Crippen LogP contribution in [0, 0.1) is 5.92 Å². The fourth-order valence-electron chi connectivity index (χ4n) is 4.60. The van der Waals surface area contributed by atoms with Gasteiger partial charge in [0.1, 0.15) is 0 Å². The van der Waals surface area contributed by atoms with E-state index >= 15 is 0 Å². The number of benzene rings is 1. The highest BCUT2D eigenvalue weighted by Gasteiger charge is 2.31. The summed E-state index contributed by atoms with van der Waals surface area (Å²) in [7, 11) is 0. The molecule has 1 saturated carbocycles. The van der Waals surface area contributed by atoms with Crippen molar-refractivity contribution in [3.63, 3.8) is 0 Å². The van der Waals surface area contributed by atoms with Crippen molar-refractivity contribution in [2.75, 3.05) is 13.1 Å². The zero-order valence-corrected chi connectivity index (χ0v) is 17.3. The van der Waals surface area contributed by atoms with Gasteiger partial charge in [0.2, 0.25) is 5.91 Å². The number of amides is 1. The highest BCUT2D eigenvalue weighted by molar-refractivity contribution is 7.18. The largest absolute Gasteiger partial charge is 0.352 e. The first kappa shape index (κ1) is 18.9. The van der Waals surface area contributed by atoms with Gasteiger partial charge in [0.25, 0.3) is 0 Å². The molecule has 146 valence electrons. The van der Waals surface area contributed by atoms with Gasteiger partial charge in [-0.3, -0.25) is 9.69 Å². The minimum atomic E-state index is -0.0320. The number of nitrogens with zero attached hydrogens (tertiary/aromatic N) is 2. The molecular weight excluding hydrogens is 354 g/mol. The summed E-state index contributed by atoms with van der Waals surface area (Å²) in [5.41, 5.74) is 1.12. The monoisotopic (exact) mass is 385 g/mol. The number of aromatic nitrogens is 1. The smallest absolute Gasteiger partial charge is 0.237 e. The van der Waals surface area contributed by atoms with Gasteiger partial charge >= 0.3 is 0 Å². The number of nitrogens with one attached hydrogen (secondary N) is 1. The third kappa shape index (κ3) is 4.19. The summed E-state index contributed by atoms with van der Waals surface area (Å²) in [4.78, 5) is 20.0. The number of thiazole rings is 1. The Morgan fingerprint density at radius 3 is 2.67 bits per heavy atom. The molecule has 2 aromatic rings. The predicted molar refractivity (Wildman–Crippen MR) is 112 cm³/mol. The average molecular weight is 386 g/mol. The normalized spacial score (nSPS) is 26.1. The Labute approximate surface area is 166 Å². The van der Waals surface area contributed by atoms with Crippen LogP contribution in [0.2, 0.25) is 0 Å². The molecule has 5 heteroatoms. The van der Waals surface area contributed by atoms with Crippen molar-refractivity contribution in [2.24, 2.45) is 5.92 Å². The van der Waals surface area contributed by atoms with Gasteiger partial charge in [-0.1, -0.05) is 31.9 Å². The molecule has 2 heterocycles. The Hall–Kier alpha value is -1.46. The van der Waals surface area contributed by atoms with E-state index in [1.165, 1.54) is 29.0 Å². The molecule has 0 spiro atoms. The number of para-hydroxylation sites is 1. The minimum absolute atomic E-state index is 0.0320.